The fourth-order valence-corrected chi connectivity index (χ4v) is 1.38. The van der Waals surface area contributed by atoms with Crippen LogP contribution in [0.1, 0.15) is 6.92 Å². The zero-order valence-electron chi connectivity index (χ0n) is 7.76. The first-order chi connectivity index (χ1) is 6.59. The van der Waals surface area contributed by atoms with E-state index in [0.717, 1.165) is 6.92 Å². The summed E-state index contributed by atoms with van der Waals surface area (Å²) in [5.74, 6) is -3.46. The van der Waals surface area contributed by atoms with Crippen molar-refractivity contribution in [3.05, 3.63) is 0 Å². The monoisotopic (exact) mass is 244 g/mol. The maximum absolute atomic E-state index is 10.6. The zero-order chi connectivity index (χ0) is 12.4. The average molecular weight is 244 g/mol. The van der Waals surface area contributed by atoms with E-state index in [9.17, 15) is 9.36 Å². The molecule has 0 aromatic heterocycles. The van der Waals surface area contributed by atoms with E-state index in [-0.39, 0.29) is 0 Å². The minimum absolute atomic E-state index is 0.903. The van der Waals surface area contributed by atoms with Crippen LogP contribution in [0.5, 0.6) is 0 Å². The topological polar surface area (TPSA) is 156 Å². The Morgan fingerprint density at radius 3 is 1.73 bits per heavy atom. The van der Waals surface area contributed by atoms with Crippen LogP contribution < -0.4 is 0 Å². The Bertz CT molecular complexity index is 272. The summed E-state index contributed by atoms with van der Waals surface area (Å²) in [6, 6.07) is 0. The van der Waals surface area contributed by atoms with Gasteiger partial charge >= 0.3 is 7.60 Å². The summed E-state index contributed by atoms with van der Waals surface area (Å²) in [6.45, 7) is 0.907. The van der Waals surface area contributed by atoms with Crippen LogP contribution in [0.2, 0.25) is 0 Å². The van der Waals surface area contributed by atoms with E-state index >= 15 is 0 Å². The highest BCUT2D eigenvalue weighted by atomic mass is 31.2. The number of ketones is 1. The molecule has 15 heavy (non-hydrogen) atoms. The molecule has 0 aliphatic rings. The summed E-state index contributed by atoms with van der Waals surface area (Å²) in [6.07, 6.45) is -6.49. The Morgan fingerprint density at radius 1 is 1.07 bits per heavy atom. The maximum Gasteiger partial charge on any atom is 0.356 e. The fourth-order valence-electron chi connectivity index (χ4n) is 0.803. The van der Waals surface area contributed by atoms with E-state index in [0.29, 0.717) is 0 Å². The summed E-state index contributed by atoms with van der Waals surface area (Å²) in [5.41, 5.74) is 0. The molecule has 4 unspecified atom stereocenters. The van der Waals surface area contributed by atoms with E-state index in [2.05, 4.69) is 0 Å². The average Bonchev–Trinajstić information content (AvgIpc) is 2.11. The van der Waals surface area contributed by atoms with Crippen molar-refractivity contribution in [3.8, 4) is 0 Å². The van der Waals surface area contributed by atoms with Crippen molar-refractivity contribution in [3.63, 3.8) is 0 Å². The van der Waals surface area contributed by atoms with E-state index in [4.69, 9.17) is 30.2 Å². The molecule has 9 heteroatoms. The molecular weight excluding hydrogens is 231 g/mol. The second-order valence-corrected chi connectivity index (χ2v) is 4.75. The highest BCUT2D eigenvalue weighted by Crippen LogP contribution is 2.41. The number of carbonyl (C=O) groups excluding carboxylic acids is 1. The van der Waals surface area contributed by atoms with Gasteiger partial charge in [-0.05, 0) is 6.92 Å². The van der Waals surface area contributed by atoms with Crippen molar-refractivity contribution in [1.82, 2.24) is 0 Å². The third kappa shape index (κ3) is 3.96. The van der Waals surface area contributed by atoms with E-state index in [1.165, 1.54) is 0 Å². The molecule has 90 valence electrons. The van der Waals surface area contributed by atoms with Gasteiger partial charge in [0.2, 0.25) is 0 Å². The normalized spacial score (nSPS) is 20.5. The minimum atomic E-state index is -5.01. The molecule has 6 N–H and O–H groups in total. The number of aliphatic hydroxyl groups is 4. The maximum atomic E-state index is 10.6. The second-order valence-electron chi connectivity index (χ2n) is 3.04. The Hall–Kier alpha value is -0.340. The van der Waals surface area contributed by atoms with E-state index < -0.39 is 37.5 Å². The quantitative estimate of drug-likeness (QED) is 0.282. The largest absolute Gasteiger partial charge is 0.387 e. The number of hydrogen-bond donors (Lipinski definition) is 6. The summed E-state index contributed by atoms with van der Waals surface area (Å²) in [4.78, 5) is 27.5. The molecule has 0 bridgehead atoms. The first-order valence-electron chi connectivity index (χ1n) is 3.87. The molecule has 0 saturated carbocycles. The Morgan fingerprint density at radius 2 is 1.47 bits per heavy atom. The smallest absolute Gasteiger partial charge is 0.356 e. The van der Waals surface area contributed by atoms with Gasteiger partial charge in [0.05, 0.1) is 0 Å². The van der Waals surface area contributed by atoms with Crippen molar-refractivity contribution >= 4 is 13.4 Å². The summed E-state index contributed by atoms with van der Waals surface area (Å²) < 4.78 is 10.5. The van der Waals surface area contributed by atoms with Crippen LogP contribution in [0.4, 0.5) is 0 Å². The summed E-state index contributed by atoms with van der Waals surface area (Å²) in [5, 5.41) is 35.9. The van der Waals surface area contributed by atoms with Gasteiger partial charge in [-0.25, -0.2) is 0 Å². The molecule has 0 rings (SSSR count). The molecule has 0 aromatic rings. The fraction of sp³-hybridized carbons (Fsp3) is 0.833. The molecule has 0 heterocycles. The number of aliphatic hydroxyl groups excluding tert-OH is 4. The van der Waals surface area contributed by atoms with Gasteiger partial charge < -0.3 is 30.2 Å². The number of Topliss-reactive ketones (excluding diaryl/α,β-unsaturated/α-hetero) is 1. The summed E-state index contributed by atoms with van der Waals surface area (Å²) in [7, 11) is -5.01. The molecule has 0 radical (unpaired) electrons. The van der Waals surface area contributed by atoms with E-state index in [1.807, 2.05) is 0 Å². The first-order valence-corrected chi connectivity index (χ1v) is 5.55. The third-order valence-corrected chi connectivity index (χ3v) is 2.73. The molecular formula is C6H13O8P. The van der Waals surface area contributed by atoms with Gasteiger partial charge in [0.15, 0.2) is 11.6 Å². The molecule has 0 saturated heterocycles. The lowest BCUT2D eigenvalue weighted by molar-refractivity contribution is -0.139. The number of carbonyl (C=O) groups is 1. The number of rotatable bonds is 5. The van der Waals surface area contributed by atoms with Gasteiger partial charge in [0, 0.05) is 0 Å². The second kappa shape index (κ2) is 5.13. The Labute approximate surface area is 85.0 Å². The highest BCUT2D eigenvalue weighted by molar-refractivity contribution is 7.52. The van der Waals surface area contributed by atoms with Gasteiger partial charge in [0.25, 0.3) is 0 Å². The first kappa shape index (κ1) is 14.7. The third-order valence-electron chi connectivity index (χ3n) is 1.74. The van der Waals surface area contributed by atoms with Crippen LogP contribution in [-0.4, -0.2) is 60.2 Å². The Kier molecular flexibility index (Phi) is 5.01. The molecule has 0 aliphatic carbocycles. The molecule has 8 nitrogen and oxygen atoms in total. The molecule has 0 amide bonds. The number of hydrogen-bond acceptors (Lipinski definition) is 6. The molecule has 4 atom stereocenters. The zero-order valence-corrected chi connectivity index (χ0v) is 8.65. The molecule has 0 aromatic carbocycles. The van der Waals surface area contributed by atoms with Crippen LogP contribution in [0.3, 0.4) is 0 Å². The molecule has 0 spiro atoms. The van der Waals surface area contributed by atoms with Crippen LogP contribution in [-0.2, 0) is 9.36 Å². The Balaban J connectivity index is 4.65. The standard InChI is InChI=1S/C6H13O8P/c1-2(7)3(8)4(9)5(10)6(11)15(12,13)14/h3-6,8-11H,1H3,(H2,12,13,14). The van der Waals surface area contributed by atoms with Crippen LogP contribution in [0.15, 0.2) is 0 Å². The van der Waals surface area contributed by atoms with Crippen LogP contribution in [0.25, 0.3) is 0 Å². The summed E-state index contributed by atoms with van der Waals surface area (Å²) >= 11 is 0. The predicted octanol–water partition coefficient (Wildman–Crippen LogP) is -2.85. The van der Waals surface area contributed by atoms with Crippen LogP contribution >= 0.6 is 7.60 Å². The SMILES string of the molecule is CC(=O)C(O)C(O)C(O)C(O)P(=O)(O)O. The molecule has 0 fully saturated rings. The van der Waals surface area contributed by atoms with Gasteiger partial charge in [0.1, 0.15) is 18.3 Å². The van der Waals surface area contributed by atoms with Crippen molar-refractivity contribution in [2.45, 2.75) is 31.1 Å². The van der Waals surface area contributed by atoms with Gasteiger partial charge in [-0.1, -0.05) is 0 Å². The van der Waals surface area contributed by atoms with Crippen molar-refractivity contribution in [2.75, 3.05) is 0 Å². The van der Waals surface area contributed by atoms with Crippen LogP contribution in [0, 0.1) is 0 Å². The van der Waals surface area contributed by atoms with Gasteiger partial charge in [-0.15, -0.1) is 0 Å². The van der Waals surface area contributed by atoms with Crippen molar-refractivity contribution in [2.24, 2.45) is 0 Å². The lowest BCUT2D eigenvalue weighted by Crippen LogP contribution is -2.46. The lowest BCUT2D eigenvalue weighted by atomic mass is 10.1. The lowest BCUT2D eigenvalue weighted by Gasteiger charge is -2.25. The minimum Gasteiger partial charge on any atom is -0.387 e. The van der Waals surface area contributed by atoms with E-state index in [1.54, 1.807) is 0 Å². The highest BCUT2D eigenvalue weighted by Gasteiger charge is 2.40. The van der Waals surface area contributed by atoms with Gasteiger partial charge in [-0.2, -0.15) is 0 Å². The van der Waals surface area contributed by atoms with Crippen molar-refractivity contribution < 1.29 is 39.6 Å². The van der Waals surface area contributed by atoms with Crippen molar-refractivity contribution in [1.29, 1.82) is 0 Å². The predicted molar refractivity (Wildman–Crippen MR) is 46.8 cm³/mol. The molecule has 0 aliphatic heterocycles. The van der Waals surface area contributed by atoms with Gasteiger partial charge in [-0.3, -0.25) is 9.36 Å².